The summed E-state index contributed by atoms with van der Waals surface area (Å²) in [4.78, 5) is 20.1. The van der Waals surface area contributed by atoms with Gasteiger partial charge in [0.1, 0.15) is 0 Å². The molecule has 0 saturated carbocycles. The molecule has 1 saturated heterocycles. The average molecular weight is 367 g/mol. The Labute approximate surface area is 153 Å². The largest absolute Gasteiger partial charge is 0.417 e. The fraction of sp³-hybridized carbons (Fsp3) is 0.737. The third-order valence-electron chi connectivity index (χ3n) is 5.71. The third kappa shape index (κ3) is 4.18. The molecule has 2 amide bonds. The lowest BCUT2D eigenvalue weighted by Gasteiger charge is -2.37. The van der Waals surface area contributed by atoms with E-state index in [2.05, 4.69) is 53.4 Å². The Hall–Kier alpha value is -1.11. The molecule has 0 aromatic carbocycles. The van der Waals surface area contributed by atoms with E-state index in [9.17, 15) is 4.79 Å². The van der Waals surface area contributed by atoms with Crippen molar-refractivity contribution in [2.24, 2.45) is 0 Å². The highest BCUT2D eigenvalue weighted by Crippen LogP contribution is 2.37. The summed E-state index contributed by atoms with van der Waals surface area (Å²) in [5.41, 5.74) is 1.30. The lowest BCUT2D eigenvalue weighted by molar-refractivity contribution is -0.107. The fourth-order valence-electron chi connectivity index (χ4n) is 3.22. The maximum atomic E-state index is 12.6. The zero-order valence-electron chi connectivity index (χ0n) is 16.7. The number of nitrogens with zero attached hydrogens (tertiary/aromatic N) is 2. The predicted octanol–water partition coefficient (Wildman–Crippen LogP) is 4.34. The molecule has 6 heteroatoms. The minimum Gasteiger partial charge on any atom is -0.417 e. The molecule has 25 heavy (non-hydrogen) atoms. The molecular weight excluding hydrogens is 332 g/mol. The van der Waals surface area contributed by atoms with Crippen LogP contribution in [0.4, 0.5) is 4.79 Å². The van der Waals surface area contributed by atoms with Crippen LogP contribution in [-0.2, 0) is 9.26 Å². The van der Waals surface area contributed by atoms with Crippen molar-refractivity contribution in [3.63, 3.8) is 0 Å². The lowest BCUT2D eigenvalue weighted by atomic mass is 9.95. The summed E-state index contributed by atoms with van der Waals surface area (Å²) >= 11 is 0. The van der Waals surface area contributed by atoms with E-state index in [-0.39, 0.29) is 23.2 Å². The number of hydrogen-bond acceptors (Lipinski definition) is 3. The van der Waals surface area contributed by atoms with E-state index in [1.807, 2.05) is 4.90 Å². The number of amides is 2. The van der Waals surface area contributed by atoms with Gasteiger partial charge in [-0.05, 0) is 36.5 Å². The smallest absolute Gasteiger partial charge is 0.345 e. The topological polar surface area (TPSA) is 42.0 Å². The molecule has 0 radical (unpaired) electrons. The summed E-state index contributed by atoms with van der Waals surface area (Å²) in [5.74, 6) is 0. The van der Waals surface area contributed by atoms with Gasteiger partial charge in [-0.15, -0.1) is 6.58 Å². The average Bonchev–Trinajstić information content (AvgIpc) is 2.76. The molecule has 142 valence electrons. The number of hydroxylamine groups is 2. The molecule has 0 aromatic rings. The highest BCUT2D eigenvalue weighted by Gasteiger charge is 2.45. The van der Waals surface area contributed by atoms with E-state index in [0.717, 1.165) is 19.4 Å². The molecule has 0 unspecified atom stereocenters. The number of carbonyl (C=O) groups excluding carboxylic acids is 1. The van der Waals surface area contributed by atoms with E-state index in [0.29, 0.717) is 13.2 Å². The lowest BCUT2D eigenvalue weighted by Crippen LogP contribution is -2.42. The SMILES string of the molecule is C=CCON1C(=O)N2C[C@H]1C=C(CCO[Si](C)(C)C(C)(C)C)[C@H]2CC. The van der Waals surface area contributed by atoms with Crippen LogP contribution in [0.25, 0.3) is 0 Å². The second kappa shape index (κ2) is 7.64. The molecule has 0 aromatic heterocycles. The van der Waals surface area contributed by atoms with Crippen LogP contribution in [0.2, 0.25) is 18.1 Å². The first-order valence-corrected chi connectivity index (χ1v) is 12.2. The predicted molar refractivity (Wildman–Crippen MR) is 104 cm³/mol. The van der Waals surface area contributed by atoms with E-state index < -0.39 is 8.32 Å². The fourth-order valence-corrected chi connectivity index (χ4v) is 4.26. The Morgan fingerprint density at radius 2 is 2.08 bits per heavy atom. The van der Waals surface area contributed by atoms with Crippen LogP contribution in [0.5, 0.6) is 0 Å². The molecular formula is C19H34N2O3Si. The van der Waals surface area contributed by atoms with Gasteiger partial charge in [0, 0.05) is 13.2 Å². The van der Waals surface area contributed by atoms with Crippen molar-refractivity contribution in [1.82, 2.24) is 9.96 Å². The minimum atomic E-state index is -1.74. The highest BCUT2D eigenvalue weighted by molar-refractivity contribution is 6.74. The summed E-state index contributed by atoms with van der Waals surface area (Å²) < 4.78 is 6.34. The van der Waals surface area contributed by atoms with Crippen LogP contribution in [0, 0.1) is 0 Å². The van der Waals surface area contributed by atoms with Gasteiger partial charge >= 0.3 is 6.03 Å². The van der Waals surface area contributed by atoms with Gasteiger partial charge in [-0.3, -0.25) is 4.84 Å². The zero-order valence-corrected chi connectivity index (χ0v) is 17.7. The molecule has 0 N–H and O–H groups in total. The number of hydrogen-bond donors (Lipinski definition) is 0. The molecule has 2 bridgehead atoms. The zero-order chi connectivity index (χ0) is 18.8. The Balaban J connectivity index is 2.05. The Kier molecular flexibility index (Phi) is 6.17. The third-order valence-corrected chi connectivity index (χ3v) is 10.2. The molecule has 0 spiro atoms. The first kappa shape index (κ1) is 20.2. The second-order valence-corrected chi connectivity index (χ2v) is 13.2. The summed E-state index contributed by atoms with van der Waals surface area (Å²) in [6.07, 6.45) is 5.67. The van der Waals surface area contributed by atoms with Gasteiger partial charge in [0.2, 0.25) is 0 Å². The van der Waals surface area contributed by atoms with Gasteiger partial charge in [0.05, 0.1) is 18.7 Å². The van der Waals surface area contributed by atoms with Gasteiger partial charge in [-0.1, -0.05) is 39.8 Å². The molecule has 2 aliphatic rings. The van der Waals surface area contributed by atoms with E-state index in [1.165, 1.54) is 10.6 Å². The molecule has 1 fully saturated rings. The molecule has 2 atom stereocenters. The molecule has 2 aliphatic heterocycles. The summed E-state index contributed by atoms with van der Waals surface area (Å²) in [7, 11) is -1.74. The van der Waals surface area contributed by atoms with Crippen molar-refractivity contribution in [1.29, 1.82) is 0 Å². The van der Waals surface area contributed by atoms with Crippen molar-refractivity contribution in [3.05, 3.63) is 24.3 Å². The van der Waals surface area contributed by atoms with Crippen LogP contribution in [0.15, 0.2) is 24.3 Å². The van der Waals surface area contributed by atoms with E-state index in [4.69, 9.17) is 9.26 Å². The monoisotopic (exact) mass is 366 g/mol. The van der Waals surface area contributed by atoms with Crippen LogP contribution >= 0.6 is 0 Å². The van der Waals surface area contributed by atoms with Crippen molar-refractivity contribution in [3.8, 4) is 0 Å². The Morgan fingerprint density at radius 1 is 1.40 bits per heavy atom. The minimum absolute atomic E-state index is 0.00174. The van der Waals surface area contributed by atoms with E-state index in [1.54, 1.807) is 6.08 Å². The normalized spacial score (nSPS) is 23.9. The van der Waals surface area contributed by atoms with Gasteiger partial charge in [0.15, 0.2) is 8.32 Å². The van der Waals surface area contributed by atoms with Gasteiger partial charge < -0.3 is 9.33 Å². The Bertz CT molecular complexity index is 539. The summed E-state index contributed by atoms with van der Waals surface area (Å²) in [5, 5.41) is 1.72. The first-order valence-electron chi connectivity index (χ1n) is 9.30. The first-order chi connectivity index (χ1) is 11.6. The van der Waals surface area contributed by atoms with Crippen LogP contribution in [-0.4, -0.2) is 56.2 Å². The Morgan fingerprint density at radius 3 is 2.64 bits per heavy atom. The maximum absolute atomic E-state index is 12.6. The van der Waals surface area contributed by atoms with Crippen molar-refractivity contribution >= 4 is 14.3 Å². The number of carbonyl (C=O) groups is 1. The summed E-state index contributed by atoms with van der Waals surface area (Å²) in [6.45, 7) is 18.9. The highest BCUT2D eigenvalue weighted by atomic mass is 28.4. The van der Waals surface area contributed by atoms with Gasteiger partial charge in [0.25, 0.3) is 0 Å². The van der Waals surface area contributed by atoms with Crippen molar-refractivity contribution in [2.75, 3.05) is 19.8 Å². The second-order valence-electron chi connectivity index (χ2n) is 8.44. The number of fused-ring (bicyclic) bond motifs is 2. The number of rotatable bonds is 8. The van der Waals surface area contributed by atoms with Crippen LogP contribution < -0.4 is 0 Å². The van der Waals surface area contributed by atoms with Gasteiger partial charge in [-0.2, -0.15) is 5.06 Å². The van der Waals surface area contributed by atoms with Crippen molar-refractivity contribution in [2.45, 2.75) is 70.8 Å². The van der Waals surface area contributed by atoms with Crippen molar-refractivity contribution < 1.29 is 14.1 Å². The van der Waals surface area contributed by atoms with Crippen LogP contribution in [0.1, 0.15) is 40.5 Å². The standard InChI is InChI=1S/C19H34N2O3Si/c1-8-11-23-21-16-13-15(17(9-2)20(14-16)18(21)22)10-12-24-25(6,7)19(3,4)5/h8,13,16-17H,1,9-12,14H2,2-7H3/t16-,17-/m1/s1. The molecule has 5 nitrogen and oxygen atoms in total. The number of urea groups is 1. The van der Waals surface area contributed by atoms with E-state index >= 15 is 0 Å². The van der Waals surface area contributed by atoms with Crippen LogP contribution in [0.3, 0.4) is 0 Å². The molecule has 2 rings (SSSR count). The molecule has 0 aliphatic carbocycles. The quantitative estimate of drug-likeness (QED) is 0.474. The maximum Gasteiger partial charge on any atom is 0.345 e. The summed E-state index contributed by atoms with van der Waals surface area (Å²) in [6, 6.07) is 0.123. The van der Waals surface area contributed by atoms with Gasteiger partial charge in [-0.25, -0.2) is 4.79 Å². The molecule has 2 heterocycles.